The van der Waals surface area contributed by atoms with Crippen molar-refractivity contribution in [2.75, 3.05) is 11.4 Å². The molecule has 0 saturated carbocycles. The maximum atomic E-state index is 12.0. The van der Waals surface area contributed by atoms with Gasteiger partial charge in [0.2, 0.25) is 0 Å². The Morgan fingerprint density at radius 2 is 1.76 bits per heavy atom. The lowest BCUT2D eigenvalue weighted by atomic mass is 10.1. The van der Waals surface area contributed by atoms with Crippen LogP contribution in [-0.2, 0) is 4.79 Å². The molecule has 0 bridgehead atoms. The van der Waals surface area contributed by atoms with Crippen molar-refractivity contribution in [2.24, 2.45) is 0 Å². The number of amides is 3. The van der Waals surface area contributed by atoms with Gasteiger partial charge in [-0.05, 0) is 24.6 Å². The number of rotatable bonds is 1. The summed E-state index contributed by atoms with van der Waals surface area (Å²) in [5.41, 5.74) is 0.437. The molecular weight excluding hydrogens is 263 g/mol. The monoisotopic (exact) mass is 270 g/mol. The first-order valence-corrected chi connectivity index (χ1v) is 5.94. The van der Waals surface area contributed by atoms with Crippen molar-refractivity contribution in [3.8, 4) is 0 Å². The van der Waals surface area contributed by atoms with Crippen molar-refractivity contribution in [1.29, 1.82) is 0 Å². The number of carbonyl (C=O) groups is 2. The van der Waals surface area contributed by atoms with E-state index in [2.05, 4.69) is 0 Å². The van der Waals surface area contributed by atoms with Crippen molar-refractivity contribution in [3.05, 3.63) is 28.2 Å². The predicted octanol–water partition coefficient (Wildman–Crippen LogP) is 2.53. The van der Waals surface area contributed by atoms with E-state index in [1.54, 1.807) is 23.1 Å². The summed E-state index contributed by atoms with van der Waals surface area (Å²) in [6.07, 6.45) is 0.732. The van der Waals surface area contributed by atoms with Crippen LogP contribution in [0.15, 0.2) is 18.2 Å². The van der Waals surface area contributed by atoms with Gasteiger partial charge in [-0.25, -0.2) is 9.69 Å². The lowest BCUT2D eigenvalue weighted by Crippen LogP contribution is -2.47. The largest absolute Gasteiger partial charge is 0.332 e. The average Bonchev–Trinajstić information content (AvgIpc) is 2.28. The molecule has 88 valence electrons. The van der Waals surface area contributed by atoms with Crippen LogP contribution in [0, 0.1) is 0 Å². The van der Waals surface area contributed by atoms with E-state index in [0.717, 1.165) is 11.3 Å². The van der Waals surface area contributed by atoms with Crippen LogP contribution in [0.25, 0.3) is 0 Å². The molecular formula is C11H8Cl2N2O2. The Bertz CT molecular complexity index is 490. The smallest absolute Gasteiger partial charge is 0.312 e. The van der Waals surface area contributed by atoms with Crippen molar-refractivity contribution in [3.63, 3.8) is 0 Å². The molecule has 0 N–H and O–H groups in total. The second-order valence-corrected chi connectivity index (χ2v) is 4.95. The predicted molar refractivity (Wildman–Crippen MR) is 64.5 cm³/mol. The summed E-state index contributed by atoms with van der Waals surface area (Å²) in [5, 5.41) is 0.810. The Kier molecular flexibility index (Phi) is 2.31. The maximum absolute atomic E-state index is 12.0. The van der Waals surface area contributed by atoms with Gasteiger partial charge in [-0.15, -0.1) is 0 Å². The molecule has 2 aliphatic rings. The lowest BCUT2D eigenvalue weighted by molar-refractivity contribution is -0.121. The molecule has 1 unspecified atom stereocenters. The van der Waals surface area contributed by atoms with Gasteiger partial charge in [0.15, 0.2) is 0 Å². The molecule has 0 spiro atoms. The number of nitrogens with zero attached hydrogens (tertiary/aromatic N) is 2. The van der Waals surface area contributed by atoms with E-state index in [1.807, 2.05) is 0 Å². The third kappa shape index (κ3) is 1.51. The van der Waals surface area contributed by atoms with Crippen molar-refractivity contribution >= 4 is 40.8 Å². The Balaban J connectivity index is 2.03. The fourth-order valence-corrected chi connectivity index (χ4v) is 2.67. The van der Waals surface area contributed by atoms with Crippen molar-refractivity contribution in [1.82, 2.24) is 4.90 Å². The van der Waals surface area contributed by atoms with E-state index in [9.17, 15) is 9.59 Å². The molecule has 0 aliphatic carbocycles. The minimum Gasteiger partial charge on any atom is -0.312 e. The third-order valence-corrected chi connectivity index (χ3v) is 3.50. The van der Waals surface area contributed by atoms with Crippen LogP contribution >= 0.6 is 23.2 Å². The molecule has 1 atom stereocenters. The van der Waals surface area contributed by atoms with Crippen molar-refractivity contribution < 1.29 is 9.59 Å². The molecule has 1 aromatic rings. The third-order valence-electron chi connectivity index (χ3n) is 3.07. The Labute approximate surface area is 108 Å². The summed E-state index contributed by atoms with van der Waals surface area (Å²) in [6.45, 7) is 0.639. The summed E-state index contributed by atoms with van der Waals surface area (Å²) >= 11 is 11.7. The SMILES string of the molecule is O=C1C2CCN2C(=O)N1c1cc(Cl)cc(Cl)c1. The molecule has 2 aliphatic heterocycles. The molecule has 2 fully saturated rings. The van der Waals surface area contributed by atoms with Gasteiger partial charge in [0.1, 0.15) is 6.04 Å². The van der Waals surface area contributed by atoms with E-state index in [1.165, 1.54) is 0 Å². The summed E-state index contributed by atoms with van der Waals surface area (Å²) < 4.78 is 0. The van der Waals surface area contributed by atoms with Gasteiger partial charge >= 0.3 is 6.03 Å². The molecule has 3 rings (SSSR count). The number of imide groups is 1. The second kappa shape index (κ2) is 3.62. The topological polar surface area (TPSA) is 40.6 Å². The van der Waals surface area contributed by atoms with Crippen molar-refractivity contribution in [2.45, 2.75) is 12.5 Å². The normalized spacial score (nSPS) is 22.8. The van der Waals surface area contributed by atoms with E-state index < -0.39 is 0 Å². The number of hydrogen-bond acceptors (Lipinski definition) is 2. The van der Waals surface area contributed by atoms with Gasteiger partial charge in [0.05, 0.1) is 5.69 Å². The minimum absolute atomic E-state index is 0.195. The highest BCUT2D eigenvalue weighted by molar-refractivity contribution is 6.35. The quantitative estimate of drug-likeness (QED) is 0.736. The molecule has 3 amide bonds. The average molecular weight is 271 g/mol. The van der Waals surface area contributed by atoms with E-state index in [4.69, 9.17) is 23.2 Å². The molecule has 2 saturated heterocycles. The minimum atomic E-state index is -0.291. The Morgan fingerprint density at radius 3 is 2.18 bits per heavy atom. The second-order valence-electron chi connectivity index (χ2n) is 4.08. The first-order chi connectivity index (χ1) is 8.08. The maximum Gasteiger partial charge on any atom is 0.332 e. The first-order valence-electron chi connectivity index (χ1n) is 5.18. The summed E-state index contributed by atoms with van der Waals surface area (Å²) in [5.74, 6) is -0.195. The number of urea groups is 1. The lowest BCUT2D eigenvalue weighted by Gasteiger charge is -2.30. The molecule has 0 radical (unpaired) electrons. The highest BCUT2D eigenvalue weighted by atomic mass is 35.5. The Morgan fingerprint density at radius 1 is 1.12 bits per heavy atom. The fourth-order valence-electron chi connectivity index (χ4n) is 2.15. The highest BCUT2D eigenvalue weighted by Crippen LogP contribution is 2.34. The number of hydrogen-bond donors (Lipinski definition) is 0. The molecule has 0 aromatic heterocycles. The number of fused-ring (bicyclic) bond motifs is 1. The zero-order chi connectivity index (χ0) is 12.2. The van der Waals surface area contributed by atoms with E-state index >= 15 is 0 Å². The molecule has 6 heteroatoms. The number of benzene rings is 1. The van der Waals surface area contributed by atoms with Crippen LogP contribution in [0.1, 0.15) is 6.42 Å². The summed E-state index contributed by atoms with van der Waals surface area (Å²) in [4.78, 5) is 26.6. The molecule has 1 aromatic carbocycles. The molecule has 2 heterocycles. The van der Waals surface area contributed by atoms with Crippen LogP contribution in [0.4, 0.5) is 10.5 Å². The standard InChI is InChI=1S/C11H8Cl2N2O2/c12-6-3-7(13)5-8(4-6)15-10(16)9-1-2-14(9)11(15)17/h3-5,9H,1-2H2. The van der Waals surface area contributed by atoms with Gasteiger partial charge in [-0.3, -0.25) is 4.79 Å². The summed E-state index contributed by atoms with van der Waals surface area (Å²) in [7, 11) is 0. The first kappa shape index (κ1) is 10.9. The van der Waals surface area contributed by atoms with Gasteiger partial charge in [0.25, 0.3) is 5.91 Å². The van der Waals surface area contributed by atoms with E-state index in [-0.39, 0.29) is 18.0 Å². The zero-order valence-corrected chi connectivity index (χ0v) is 10.2. The zero-order valence-electron chi connectivity index (χ0n) is 8.69. The van der Waals surface area contributed by atoms with E-state index in [0.29, 0.717) is 22.3 Å². The van der Waals surface area contributed by atoms with Crippen LogP contribution in [0.3, 0.4) is 0 Å². The van der Waals surface area contributed by atoms with Crippen LogP contribution in [0.5, 0.6) is 0 Å². The van der Waals surface area contributed by atoms with Crippen LogP contribution in [0.2, 0.25) is 10.0 Å². The highest BCUT2D eigenvalue weighted by Gasteiger charge is 2.50. The van der Waals surface area contributed by atoms with Crippen LogP contribution in [-0.4, -0.2) is 29.4 Å². The number of halogens is 2. The molecule has 4 nitrogen and oxygen atoms in total. The van der Waals surface area contributed by atoms with Gasteiger partial charge in [-0.1, -0.05) is 23.2 Å². The van der Waals surface area contributed by atoms with Gasteiger partial charge in [0, 0.05) is 16.6 Å². The Hall–Kier alpha value is -1.26. The fraction of sp³-hybridized carbons (Fsp3) is 0.273. The number of anilines is 1. The summed E-state index contributed by atoms with van der Waals surface area (Å²) in [6, 6.07) is 4.11. The van der Waals surface area contributed by atoms with Crippen LogP contribution < -0.4 is 4.90 Å². The molecule has 17 heavy (non-hydrogen) atoms. The number of carbonyl (C=O) groups excluding carboxylic acids is 2. The van der Waals surface area contributed by atoms with Gasteiger partial charge in [-0.2, -0.15) is 0 Å². The van der Waals surface area contributed by atoms with Gasteiger partial charge < -0.3 is 4.90 Å².